The highest BCUT2D eigenvalue weighted by molar-refractivity contribution is 9.10. The predicted molar refractivity (Wildman–Crippen MR) is 67.4 cm³/mol. The first-order chi connectivity index (χ1) is 8.19. The van der Waals surface area contributed by atoms with Crippen LogP contribution in [0.15, 0.2) is 10.5 Å². The molecule has 1 aromatic carbocycles. The van der Waals surface area contributed by atoms with Crippen molar-refractivity contribution in [2.75, 3.05) is 27.3 Å². The molecule has 0 aromatic heterocycles. The molecule has 17 heavy (non-hydrogen) atoms. The number of nitrogens with one attached hydrogen (secondary N) is 1. The number of methoxy groups -OCH3 is 2. The van der Waals surface area contributed by atoms with Crippen LogP contribution >= 0.6 is 15.9 Å². The molecule has 1 aliphatic heterocycles. The molecule has 0 radical (unpaired) electrons. The van der Waals surface area contributed by atoms with Gasteiger partial charge in [-0.15, -0.1) is 0 Å². The van der Waals surface area contributed by atoms with Gasteiger partial charge in [0.1, 0.15) is 5.82 Å². The molecule has 0 aliphatic carbocycles. The Morgan fingerprint density at radius 1 is 1.35 bits per heavy atom. The largest absolute Gasteiger partial charge is 0.492 e. The van der Waals surface area contributed by atoms with E-state index in [1.807, 2.05) is 0 Å². The first kappa shape index (κ1) is 12.6. The van der Waals surface area contributed by atoms with Gasteiger partial charge < -0.3 is 14.8 Å². The van der Waals surface area contributed by atoms with E-state index in [-0.39, 0.29) is 11.7 Å². The minimum Gasteiger partial charge on any atom is -0.492 e. The van der Waals surface area contributed by atoms with Crippen LogP contribution in [0.5, 0.6) is 11.5 Å². The van der Waals surface area contributed by atoms with E-state index in [0.29, 0.717) is 21.5 Å². The highest BCUT2D eigenvalue weighted by Crippen LogP contribution is 2.43. The highest BCUT2D eigenvalue weighted by atomic mass is 79.9. The Labute approximate surface area is 108 Å². The number of hydrogen-bond acceptors (Lipinski definition) is 3. The molecule has 1 atom stereocenters. The predicted octanol–water partition coefficient (Wildman–Crippen LogP) is 2.68. The van der Waals surface area contributed by atoms with Gasteiger partial charge in [0, 0.05) is 18.0 Å². The van der Waals surface area contributed by atoms with Crippen LogP contribution in [0.25, 0.3) is 0 Å². The fourth-order valence-electron chi connectivity index (χ4n) is 2.27. The van der Waals surface area contributed by atoms with Crippen molar-refractivity contribution in [3.8, 4) is 11.5 Å². The minimum absolute atomic E-state index is 0.145. The molecule has 1 N–H and O–H groups in total. The van der Waals surface area contributed by atoms with Gasteiger partial charge >= 0.3 is 0 Å². The zero-order chi connectivity index (χ0) is 12.4. The topological polar surface area (TPSA) is 30.5 Å². The van der Waals surface area contributed by atoms with Crippen LogP contribution in [0.1, 0.15) is 17.9 Å². The van der Waals surface area contributed by atoms with Crippen LogP contribution in [0.3, 0.4) is 0 Å². The van der Waals surface area contributed by atoms with Gasteiger partial charge in [-0.2, -0.15) is 0 Å². The zero-order valence-electron chi connectivity index (χ0n) is 9.85. The van der Waals surface area contributed by atoms with Crippen molar-refractivity contribution >= 4 is 15.9 Å². The van der Waals surface area contributed by atoms with Crippen LogP contribution in [0.2, 0.25) is 0 Å². The standard InChI is InChI=1S/C12H15BrFNO2/c1-16-11-8(13)5-9(14)10(12(11)17-2)7-3-4-15-6-7/h5,7,15H,3-4,6H2,1-2H3. The van der Waals surface area contributed by atoms with Crippen molar-refractivity contribution in [3.05, 3.63) is 21.9 Å². The molecule has 5 heteroatoms. The van der Waals surface area contributed by atoms with Crippen LogP contribution in [0, 0.1) is 5.82 Å². The summed E-state index contributed by atoms with van der Waals surface area (Å²) in [5.41, 5.74) is 0.609. The number of ether oxygens (including phenoxy) is 2. The molecule has 3 nitrogen and oxygen atoms in total. The molecule has 1 unspecified atom stereocenters. The van der Waals surface area contributed by atoms with Crippen molar-refractivity contribution in [1.82, 2.24) is 5.32 Å². The fourth-order valence-corrected chi connectivity index (χ4v) is 2.81. The number of halogens is 2. The second-order valence-electron chi connectivity index (χ2n) is 4.01. The summed E-state index contributed by atoms with van der Waals surface area (Å²) in [6.45, 7) is 1.68. The molecule has 2 rings (SSSR count). The normalized spacial score (nSPS) is 19.4. The maximum atomic E-state index is 14.1. The summed E-state index contributed by atoms with van der Waals surface area (Å²) in [6, 6.07) is 1.44. The van der Waals surface area contributed by atoms with E-state index in [1.54, 1.807) is 7.11 Å². The number of rotatable bonds is 3. The molecule has 0 saturated carbocycles. The van der Waals surface area contributed by atoms with Gasteiger partial charge in [0.2, 0.25) is 0 Å². The second-order valence-corrected chi connectivity index (χ2v) is 4.86. The minimum atomic E-state index is -0.247. The molecule has 1 fully saturated rings. The lowest BCUT2D eigenvalue weighted by molar-refractivity contribution is 0.343. The first-order valence-corrected chi connectivity index (χ1v) is 6.29. The molecular weight excluding hydrogens is 289 g/mol. The molecule has 94 valence electrons. The van der Waals surface area contributed by atoms with E-state index in [4.69, 9.17) is 9.47 Å². The molecule has 1 aromatic rings. The van der Waals surface area contributed by atoms with E-state index in [9.17, 15) is 4.39 Å². The van der Waals surface area contributed by atoms with Crippen molar-refractivity contribution < 1.29 is 13.9 Å². The summed E-state index contributed by atoms with van der Waals surface area (Å²) in [6.07, 6.45) is 0.915. The lowest BCUT2D eigenvalue weighted by Crippen LogP contribution is -2.10. The third kappa shape index (κ3) is 2.26. The van der Waals surface area contributed by atoms with Gasteiger partial charge in [-0.05, 0) is 35.0 Å². The molecule has 0 bridgehead atoms. The Hall–Kier alpha value is -0.810. The summed E-state index contributed by atoms with van der Waals surface area (Å²) >= 11 is 3.28. The third-order valence-corrected chi connectivity index (χ3v) is 3.64. The van der Waals surface area contributed by atoms with Crippen molar-refractivity contribution in [2.24, 2.45) is 0 Å². The van der Waals surface area contributed by atoms with Crippen molar-refractivity contribution in [1.29, 1.82) is 0 Å². The summed E-state index contributed by atoms with van der Waals surface area (Å²) in [4.78, 5) is 0. The molecule has 1 saturated heterocycles. The summed E-state index contributed by atoms with van der Waals surface area (Å²) in [5.74, 6) is 0.944. The van der Waals surface area contributed by atoms with Gasteiger partial charge in [0.05, 0.1) is 18.7 Å². The smallest absolute Gasteiger partial charge is 0.175 e. The molecular formula is C12H15BrFNO2. The highest BCUT2D eigenvalue weighted by Gasteiger charge is 2.27. The molecule has 0 spiro atoms. The van der Waals surface area contributed by atoms with E-state index in [1.165, 1.54) is 13.2 Å². The molecule has 1 aliphatic rings. The first-order valence-electron chi connectivity index (χ1n) is 5.49. The number of benzene rings is 1. The zero-order valence-corrected chi connectivity index (χ0v) is 11.4. The third-order valence-electron chi connectivity index (χ3n) is 3.06. The quantitative estimate of drug-likeness (QED) is 0.931. The van der Waals surface area contributed by atoms with E-state index >= 15 is 0 Å². The molecule has 1 heterocycles. The van der Waals surface area contributed by atoms with Crippen LogP contribution in [-0.4, -0.2) is 27.3 Å². The lowest BCUT2D eigenvalue weighted by Gasteiger charge is -2.18. The monoisotopic (exact) mass is 303 g/mol. The maximum absolute atomic E-state index is 14.1. The number of hydrogen-bond donors (Lipinski definition) is 1. The Kier molecular flexibility index (Phi) is 3.89. The van der Waals surface area contributed by atoms with E-state index in [0.717, 1.165) is 19.5 Å². The van der Waals surface area contributed by atoms with E-state index < -0.39 is 0 Å². The van der Waals surface area contributed by atoms with Gasteiger partial charge in [-0.1, -0.05) is 0 Å². The Morgan fingerprint density at radius 2 is 2.06 bits per heavy atom. The SMILES string of the molecule is COc1c(Br)cc(F)c(C2CCNC2)c1OC. The second kappa shape index (κ2) is 5.23. The average Bonchev–Trinajstić information content (AvgIpc) is 2.81. The lowest BCUT2D eigenvalue weighted by atomic mass is 9.96. The molecule has 0 amide bonds. The van der Waals surface area contributed by atoms with Crippen LogP contribution in [-0.2, 0) is 0 Å². The Bertz CT molecular complexity index is 419. The summed E-state index contributed by atoms with van der Waals surface area (Å²) in [5, 5.41) is 3.23. The van der Waals surface area contributed by atoms with Gasteiger partial charge in [-0.25, -0.2) is 4.39 Å². The van der Waals surface area contributed by atoms with Crippen LogP contribution < -0.4 is 14.8 Å². The van der Waals surface area contributed by atoms with Crippen molar-refractivity contribution in [3.63, 3.8) is 0 Å². The van der Waals surface area contributed by atoms with Crippen LogP contribution in [0.4, 0.5) is 4.39 Å². The maximum Gasteiger partial charge on any atom is 0.175 e. The van der Waals surface area contributed by atoms with Gasteiger partial charge in [0.25, 0.3) is 0 Å². The Morgan fingerprint density at radius 3 is 2.59 bits per heavy atom. The summed E-state index contributed by atoms with van der Waals surface area (Å²) < 4.78 is 25.2. The van der Waals surface area contributed by atoms with Gasteiger partial charge in [0.15, 0.2) is 11.5 Å². The average molecular weight is 304 g/mol. The fraction of sp³-hybridized carbons (Fsp3) is 0.500. The van der Waals surface area contributed by atoms with Gasteiger partial charge in [-0.3, -0.25) is 0 Å². The van der Waals surface area contributed by atoms with E-state index in [2.05, 4.69) is 21.2 Å². The Balaban J connectivity index is 2.55. The summed E-state index contributed by atoms with van der Waals surface area (Å²) in [7, 11) is 3.09. The van der Waals surface area contributed by atoms with Crippen molar-refractivity contribution in [2.45, 2.75) is 12.3 Å².